The largest absolute Gasteiger partial charge is 0.392 e. The van der Waals surface area contributed by atoms with Gasteiger partial charge in [-0.3, -0.25) is 5.10 Å². The molecule has 0 amide bonds. The first-order chi connectivity index (χ1) is 7.54. The van der Waals surface area contributed by atoms with E-state index >= 15 is 0 Å². The molecule has 0 saturated carbocycles. The van der Waals surface area contributed by atoms with Crippen LogP contribution in [0.15, 0.2) is 6.07 Å². The molecule has 0 atom stereocenters. The monoisotopic (exact) mass is 282 g/mol. The Morgan fingerprint density at radius 2 is 1.76 bits per heavy atom. The number of halogens is 7. The number of aromatic nitrogens is 2. The molecule has 10 heteroatoms. The molecule has 1 aromatic heterocycles. The van der Waals surface area contributed by atoms with Crippen LogP contribution in [0.4, 0.5) is 26.3 Å². The van der Waals surface area contributed by atoms with E-state index < -0.39 is 29.5 Å². The topological polar surface area (TPSA) is 48.9 Å². The smallest absolute Gasteiger partial charge is 0.390 e. The summed E-state index contributed by atoms with van der Waals surface area (Å²) < 4.78 is 76.2. The lowest BCUT2D eigenvalue weighted by Crippen LogP contribution is -2.49. The number of hydrogen-bond donors (Lipinski definition) is 2. The minimum atomic E-state index is -5.82. The van der Waals surface area contributed by atoms with Crippen LogP contribution in [0.1, 0.15) is 11.4 Å². The number of alkyl halides is 7. The van der Waals surface area contributed by atoms with Crippen LogP contribution < -0.4 is 0 Å². The fourth-order valence-corrected chi connectivity index (χ4v) is 1.06. The number of H-pyrrole nitrogens is 1. The average Bonchev–Trinajstić information content (AvgIpc) is 2.64. The molecule has 1 rings (SSSR count). The number of aliphatic hydroxyl groups is 1. The lowest BCUT2D eigenvalue weighted by Gasteiger charge is -2.27. The van der Waals surface area contributed by atoms with Crippen LogP contribution in [0.25, 0.3) is 0 Å². The molecule has 3 nitrogen and oxygen atoms in total. The van der Waals surface area contributed by atoms with Crippen LogP contribution >= 0.6 is 11.6 Å². The van der Waals surface area contributed by atoms with E-state index in [0.29, 0.717) is 6.07 Å². The second-order valence-electron chi connectivity index (χ2n) is 3.08. The summed E-state index contributed by atoms with van der Waals surface area (Å²) in [6.07, 6.45) is 0. The van der Waals surface area contributed by atoms with E-state index in [1.165, 1.54) is 0 Å². The second-order valence-corrected chi connectivity index (χ2v) is 3.56. The average molecular weight is 283 g/mol. The van der Waals surface area contributed by atoms with Gasteiger partial charge in [0, 0.05) is 0 Å². The summed E-state index contributed by atoms with van der Waals surface area (Å²) in [7, 11) is 0. The van der Waals surface area contributed by atoms with E-state index in [0.717, 1.165) is 0 Å². The van der Waals surface area contributed by atoms with Gasteiger partial charge < -0.3 is 5.11 Å². The predicted octanol–water partition coefficient (Wildman–Crippen LogP) is 2.46. The third-order valence-corrected chi connectivity index (χ3v) is 2.11. The van der Waals surface area contributed by atoms with Crippen LogP contribution in [-0.4, -0.2) is 26.6 Å². The van der Waals surface area contributed by atoms with Crippen molar-refractivity contribution in [1.82, 2.24) is 10.2 Å². The number of aromatic amines is 1. The minimum absolute atomic E-state index is 0.326. The second kappa shape index (κ2) is 4.05. The zero-order chi connectivity index (χ0) is 13.5. The van der Waals surface area contributed by atoms with Gasteiger partial charge in [-0.05, 0) is 17.7 Å². The van der Waals surface area contributed by atoms with E-state index in [9.17, 15) is 26.3 Å². The third kappa shape index (κ3) is 2.21. The highest BCUT2D eigenvalue weighted by molar-refractivity contribution is 6.22. The van der Waals surface area contributed by atoms with Crippen molar-refractivity contribution in [2.75, 3.05) is 0 Å². The molecular weight excluding hydrogens is 278 g/mol. The van der Waals surface area contributed by atoms with Gasteiger partial charge in [0.25, 0.3) is 0 Å². The molecule has 98 valence electrons. The van der Waals surface area contributed by atoms with Crippen LogP contribution in [-0.2, 0) is 12.5 Å². The Hall–Kier alpha value is -0.960. The van der Waals surface area contributed by atoms with Gasteiger partial charge >= 0.3 is 17.2 Å². The van der Waals surface area contributed by atoms with Crippen molar-refractivity contribution in [2.45, 2.75) is 23.8 Å². The first-order valence-electron chi connectivity index (χ1n) is 4.02. The summed E-state index contributed by atoms with van der Waals surface area (Å²) >= 11 is 3.95. The van der Waals surface area contributed by atoms with Crippen molar-refractivity contribution in [3.05, 3.63) is 17.5 Å². The molecule has 0 unspecified atom stereocenters. The van der Waals surface area contributed by atoms with Gasteiger partial charge in [-0.15, -0.1) is 0 Å². The third-order valence-electron chi connectivity index (χ3n) is 1.87. The Bertz CT molecular complexity index is 401. The lowest BCUT2D eigenvalue weighted by atomic mass is 10.1. The molecule has 0 spiro atoms. The highest BCUT2D eigenvalue weighted by Gasteiger charge is 2.72. The molecule has 0 radical (unpaired) electrons. The Kier molecular flexibility index (Phi) is 3.36. The van der Waals surface area contributed by atoms with Gasteiger partial charge in [-0.2, -0.15) is 31.4 Å². The van der Waals surface area contributed by atoms with Crippen molar-refractivity contribution >= 4 is 11.6 Å². The zero-order valence-electron chi connectivity index (χ0n) is 7.82. The first-order valence-corrected chi connectivity index (χ1v) is 4.40. The number of nitrogens with zero attached hydrogens (tertiary/aromatic N) is 1. The Morgan fingerprint density at radius 3 is 2.12 bits per heavy atom. The van der Waals surface area contributed by atoms with Gasteiger partial charge in [0.05, 0.1) is 12.3 Å². The predicted molar refractivity (Wildman–Crippen MR) is 44.2 cm³/mol. The Morgan fingerprint density at radius 1 is 1.24 bits per heavy atom. The van der Waals surface area contributed by atoms with Crippen molar-refractivity contribution < 1.29 is 31.4 Å². The van der Waals surface area contributed by atoms with Crippen molar-refractivity contribution in [1.29, 1.82) is 0 Å². The first kappa shape index (κ1) is 14.1. The van der Waals surface area contributed by atoms with Gasteiger partial charge in [0.2, 0.25) is 0 Å². The van der Waals surface area contributed by atoms with Gasteiger partial charge in [-0.25, -0.2) is 0 Å². The Balaban J connectivity index is 3.18. The number of hydrogen-bond acceptors (Lipinski definition) is 2. The molecule has 0 aliphatic heterocycles. The molecule has 1 heterocycles. The Labute approximate surface area is 95.4 Å². The fourth-order valence-electron chi connectivity index (χ4n) is 0.942. The molecule has 2 N–H and O–H groups in total. The maximum atomic E-state index is 13.1. The summed E-state index contributed by atoms with van der Waals surface area (Å²) in [4.78, 5) is 0. The van der Waals surface area contributed by atoms with Crippen LogP contribution in [0.2, 0.25) is 0 Å². The fraction of sp³-hybridized carbons (Fsp3) is 0.571. The molecule has 1 aromatic rings. The normalized spacial score (nSPS) is 14.1. The maximum absolute atomic E-state index is 13.1. The summed E-state index contributed by atoms with van der Waals surface area (Å²) in [5.74, 6) is -11.1. The SMILES string of the molecule is OCc1cc(C(F)(F)C(F)(F)C(F)(F)Cl)n[nH]1. The standard InChI is InChI=1S/C7H5ClF6N2O/c8-7(13,14)6(11,12)5(9,10)4-1-3(2-17)15-16-4/h1,17H,2H2,(H,15,16). The summed E-state index contributed by atoms with van der Waals surface area (Å²) in [5.41, 5.74) is -1.96. The van der Waals surface area contributed by atoms with Gasteiger partial charge in [0.1, 0.15) is 5.69 Å². The maximum Gasteiger partial charge on any atom is 0.392 e. The van der Waals surface area contributed by atoms with Crippen LogP contribution in [0, 0.1) is 0 Å². The highest BCUT2D eigenvalue weighted by Crippen LogP contribution is 2.52. The quantitative estimate of drug-likeness (QED) is 0.658. The molecule has 0 aliphatic carbocycles. The summed E-state index contributed by atoms with van der Waals surface area (Å²) in [5, 5.41) is 7.58. The van der Waals surface area contributed by atoms with E-state index in [4.69, 9.17) is 5.11 Å². The lowest BCUT2D eigenvalue weighted by molar-refractivity contribution is -0.287. The van der Waals surface area contributed by atoms with E-state index in [1.807, 2.05) is 0 Å². The van der Waals surface area contributed by atoms with Gasteiger partial charge in [-0.1, -0.05) is 0 Å². The molecule has 0 fully saturated rings. The summed E-state index contributed by atoms with van der Waals surface area (Å²) in [6.45, 7) is -0.786. The zero-order valence-corrected chi connectivity index (χ0v) is 8.58. The molecule has 0 aliphatic rings. The van der Waals surface area contributed by atoms with Crippen molar-refractivity contribution in [2.24, 2.45) is 0 Å². The molecule has 17 heavy (non-hydrogen) atoms. The number of aliphatic hydroxyl groups excluding tert-OH is 1. The molecule has 0 bridgehead atoms. The van der Waals surface area contributed by atoms with Crippen molar-refractivity contribution in [3.63, 3.8) is 0 Å². The number of rotatable bonds is 4. The highest BCUT2D eigenvalue weighted by atomic mass is 35.5. The summed E-state index contributed by atoms with van der Waals surface area (Å²) in [6, 6.07) is 0.344. The van der Waals surface area contributed by atoms with E-state index in [-0.39, 0.29) is 5.69 Å². The number of nitrogens with one attached hydrogen (secondary N) is 1. The molecular formula is C7H5ClF6N2O. The van der Waals surface area contributed by atoms with Crippen molar-refractivity contribution in [3.8, 4) is 0 Å². The van der Waals surface area contributed by atoms with Gasteiger partial charge in [0.15, 0.2) is 0 Å². The minimum Gasteiger partial charge on any atom is -0.390 e. The van der Waals surface area contributed by atoms with E-state index in [1.54, 1.807) is 5.10 Å². The van der Waals surface area contributed by atoms with E-state index in [2.05, 4.69) is 16.7 Å². The molecule has 0 saturated heterocycles. The van der Waals surface area contributed by atoms with Crippen LogP contribution in [0.5, 0.6) is 0 Å². The van der Waals surface area contributed by atoms with Crippen LogP contribution in [0.3, 0.4) is 0 Å². The molecule has 0 aromatic carbocycles.